The lowest BCUT2D eigenvalue weighted by molar-refractivity contribution is 1.10. The third-order valence-electron chi connectivity index (χ3n) is 3.67. The Hall–Kier alpha value is -1.25. The van der Waals surface area contributed by atoms with Crippen molar-refractivity contribution in [3.63, 3.8) is 0 Å². The first-order valence-electron chi connectivity index (χ1n) is 7.09. The number of rotatable bonds is 3. The van der Waals surface area contributed by atoms with Crippen LogP contribution in [0.3, 0.4) is 0 Å². The van der Waals surface area contributed by atoms with Crippen LogP contribution in [0.25, 0.3) is 17.2 Å². The lowest BCUT2D eigenvalue weighted by Gasteiger charge is -2.10. The Labute approximate surface area is 139 Å². The summed E-state index contributed by atoms with van der Waals surface area (Å²) in [5.41, 5.74) is 5.09. The first kappa shape index (κ1) is 14.7. The number of allylic oxidation sites excluding steroid dienone is 1. The van der Waals surface area contributed by atoms with Crippen molar-refractivity contribution in [3.8, 4) is 11.1 Å². The van der Waals surface area contributed by atoms with Gasteiger partial charge in [0.05, 0.1) is 0 Å². The summed E-state index contributed by atoms with van der Waals surface area (Å²) in [7, 11) is 0. The maximum absolute atomic E-state index is 3.79. The van der Waals surface area contributed by atoms with Crippen LogP contribution in [0.2, 0.25) is 0 Å². The van der Waals surface area contributed by atoms with Gasteiger partial charge in [0.15, 0.2) is 0 Å². The minimum absolute atomic E-state index is 0.582. The zero-order chi connectivity index (χ0) is 14.7. The average Bonchev–Trinajstić information content (AvgIpc) is 3.00. The van der Waals surface area contributed by atoms with E-state index in [-0.39, 0.29) is 0 Å². The predicted octanol–water partition coefficient (Wildman–Crippen LogP) is 6.46. The van der Waals surface area contributed by atoms with Gasteiger partial charge in [-0.3, -0.25) is 0 Å². The van der Waals surface area contributed by atoms with Gasteiger partial charge in [0.1, 0.15) is 0 Å². The van der Waals surface area contributed by atoms with Gasteiger partial charge >= 0.3 is 0 Å². The van der Waals surface area contributed by atoms with Crippen LogP contribution in [-0.4, -0.2) is 5.25 Å². The zero-order valence-electron chi connectivity index (χ0n) is 11.9. The second-order valence-corrected chi connectivity index (χ2v) is 7.11. The molecule has 21 heavy (non-hydrogen) atoms. The summed E-state index contributed by atoms with van der Waals surface area (Å²) in [6.07, 6.45) is 7.90. The van der Waals surface area contributed by atoms with Crippen LogP contribution in [0.15, 0.2) is 64.5 Å². The van der Waals surface area contributed by atoms with Crippen LogP contribution in [0.5, 0.6) is 0 Å². The molecule has 0 aromatic heterocycles. The molecule has 0 radical (unpaired) electrons. The minimum Gasteiger partial charge on any atom is -0.127 e. The molecule has 2 aromatic rings. The van der Waals surface area contributed by atoms with Gasteiger partial charge < -0.3 is 0 Å². The molecule has 1 unspecified atom stereocenters. The number of hydrogen-bond donors (Lipinski definition) is 0. The van der Waals surface area contributed by atoms with E-state index < -0.39 is 0 Å². The Bertz CT molecular complexity index is 692. The lowest BCUT2D eigenvalue weighted by Crippen LogP contribution is -1.90. The van der Waals surface area contributed by atoms with Crippen molar-refractivity contribution in [2.75, 3.05) is 0 Å². The van der Waals surface area contributed by atoms with E-state index in [1.807, 2.05) is 11.8 Å². The number of halogens is 1. The van der Waals surface area contributed by atoms with Crippen molar-refractivity contribution in [1.82, 2.24) is 0 Å². The fourth-order valence-electron chi connectivity index (χ4n) is 2.50. The third-order valence-corrected chi connectivity index (χ3v) is 5.61. The molecule has 2 aromatic carbocycles. The topological polar surface area (TPSA) is 0 Å². The maximum Gasteiger partial charge on any atom is 0.0326 e. The van der Waals surface area contributed by atoms with Crippen molar-refractivity contribution < 1.29 is 0 Å². The van der Waals surface area contributed by atoms with E-state index in [1.54, 1.807) is 0 Å². The number of hydrogen-bond acceptors (Lipinski definition) is 1. The Kier molecular flexibility index (Phi) is 4.67. The molecule has 1 aliphatic rings. The number of aryl methyl sites for hydroxylation is 1. The van der Waals surface area contributed by atoms with Gasteiger partial charge in [0.25, 0.3) is 0 Å². The quantitative estimate of drug-likeness (QED) is 0.608. The first-order valence-corrected chi connectivity index (χ1v) is 8.82. The molecular formula is C19H17BrS. The van der Waals surface area contributed by atoms with E-state index in [0.717, 1.165) is 6.42 Å². The van der Waals surface area contributed by atoms with Gasteiger partial charge in [-0.25, -0.2) is 0 Å². The molecule has 0 spiro atoms. The summed E-state index contributed by atoms with van der Waals surface area (Å²) in [6, 6.07) is 15.0. The summed E-state index contributed by atoms with van der Waals surface area (Å²) in [5.74, 6) is 0. The average molecular weight is 357 g/mol. The summed E-state index contributed by atoms with van der Waals surface area (Å²) >= 11 is 5.68. The molecule has 0 saturated heterocycles. The van der Waals surface area contributed by atoms with Crippen molar-refractivity contribution in [2.24, 2.45) is 0 Å². The summed E-state index contributed by atoms with van der Waals surface area (Å²) < 4.78 is 1.17. The van der Waals surface area contributed by atoms with Gasteiger partial charge in [-0.1, -0.05) is 60.7 Å². The molecule has 0 N–H and O–H groups in total. The highest BCUT2D eigenvalue weighted by molar-refractivity contribution is 9.10. The summed E-state index contributed by atoms with van der Waals surface area (Å²) in [5, 5.41) is 2.77. The second kappa shape index (κ2) is 6.67. The van der Waals surface area contributed by atoms with E-state index in [9.17, 15) is 0 Å². The molecule has 1 aliphatic heterocycles. The smallest absolute Gasteiger partial charge is 0.0326 e. The molecule has 0 bridgehead atoms. The molecule has 2 heteroatoms. The highest BCUT2D eigenvalue weighted by Gasteiger charge is 2.09. The van der Waals surface area contributed by atoms with Crippen LogP contribution in [-0.2, 0) is 0 Å². The largest absolute Gasteiger partial charge is 0.127 e. The van der Waals surface area contributed by atoms with E-state index in [0.29, 0.717) is 5.25 Å². The molecule has 3 rings (SSSR count). The van der Waals surface area contributed by atoms with E-state index in [1.165, 1.54) is 26.7 Å². The molecule has 1 heterocycles. The standard InChI is InChI=1S/C19H17BrS/c1-14-6-2-3-9-17(14)18-10-4-7-15(19(18)20)11-12-16-8-5-13-21-16/h2-7,9-13,16H,8H2,1H3. The Morgan fingerprint density at radius 2 is 1.90 bits per heavy atom. The molecule has 0 nitrogen and oxygen atoms in total. The van der Waals surface area contributed by atoms with Crippen LogP contribution in [0, 0.1) is 6.92 Å². The Morgan fingerprint density at radius 1 is 1.10 bits per heavy atom. The molecule has 0 amide bonds. The highest BCUT2D eigenvalue weighted by Crippen LogP contribution is 2.34. The van der Waals surface area contributed by atoms with E-state index in [2.05, 4.69) is 89.0 Å². The van der Waals surface area contributed by atoms with Crippen LogP contribution in [0.4, 0.5) is 0 Å². The van der Waals surface area contributed by atoms with Crippen LogP contribution in [0.1, 0.15) is 17.5 Å². The molecule has 1 atom stereocenters. The van der Waals surface area contributed by atoms with Crippen molar-refractivity contribution >= 4 is 33.8 Å². The predicted molar refractivity (Wildman–Crippen MR) is 98.5 cm³/mol. The highest BCUT2D eigenvalue weighted by atomic mass is 79.9. The normalized spacial score (nSPS) is 17.7. The molecule has 0 aliphatic carbocycles. The molecule has 0 saturated carbocycles. The van der Waals surface area contributed by atoms with Gasteiger partial charge in [0.2, 0.25) is 0 Å². The van der Waals surface area contributed by atoms with Gasteiger partial charge in [-0.15, -0.1) is 11.8 Å². The van der Waals surface area contributed by atoms with Crippen LogP contribution < -0.4 is 0 Å². The zero-order valence-corrected chi connectivity index (χ0v) is 14.3. The Morgan fingerprint density at radius 3 is 2.67 bits per heavy atom. The molecule has 106 valence electrons. The van der Waals surface area contributed by atoms with Gasteiger partial charge in [-0.05, 0) is 56.9 Å². The van der Waals surface area contributed by atoms with Gasteiger partial charge in [-0.2, -0.15) is 0 Å². The SMILES string of the molecule is Cc1ccccc1-c1cccc(C=CC2CC=CS2)c1Br. The lowest BCUT2D eigenvalue weighted by atomic mass is 9.99. The number of benzene rings is 2. The summed E-state index contributed by atoms with van der Waals surface area (Å²) in [4.78, 5) is 0. The first-order chi connectivity index (χ1) is 10.3. The summed E-state index contributed by atoms with van der Waals surface area (Å²) in [6.45, 7) is 2.16. The van der Waals surface area contributed by atoms with Crippen molar-refractivity contribution in [2.45, 2.75) is 18.6 Å². The molecular weight excluding hydrogens is 340 g/mol. The van der Waals surface area contributed by atoms with Crippen molar-refractivity contribution in [3.05, 3.63) is 75.6 Å². The molecule has 0 fully saturated rings. The third kappa shape index (κ3) is 3.33. The maximum atomic E-state index is 3.79. The van der Waals surface area contributed by atoms with E-state index >= 15 is 0 Å². The minimum atomic E-state index is 0.582. The second-order valence-electron chi connectivity index (χ2n) is 5.16. The number of thioether (sulfide) groups is 1. The van der Waals surface area contributed by atoms with Gasteiger partial charge in [0, 0.05) is 9.72 Å². The fraction of sp³-hybridized carbons (Fsp3) is 0.158. The van der Waals surface area contributed by atoms with Crippen LogP contribution >= 0.6 is 27.7 Å². The van der Waals surface area contributed by atoms with Crippen molar-refractivity contribution in [1.29, 1.82) is 0 Å². The fourth-order valence-corrected chi connectivity index (χ4v) is 3.92. The van der Waals surface area contributed by atoms with E-state index in [4.69, 9.17) is 0 Å². The Balaban J connectivity index is 1.94. The monoisotopic (exact) mass is 356 g/mol.